The van der Waals surface area contributed by atoms with Gasteiger partial charge >= 0.3 is 0 Å². The van der Waals surface area contributed by atoms with Gasteiger partial charge in [-0.3, -0.25) is 0 Å². The fourth-order valence-corrected chi connectivity index (χ4v) is 7.16. The molecule has 0 bridgehead atoms. The van der Waals surface area contributed by atoms with Crippen LogP contribution < -0.4 is 4.89 Å². The summed E-state index contributed by atoms with van der Waals surface area (Å²) in [5.74, 6) is 0. The zero-order valence-corrected chi connectivity index (χ0v) is 16.2. The van der Waals surface area contributed by atoms with Gasteiger partial charge in [-0.2, -0.15) is 4.67 Å². The summed E-state index contributed by atoms with van der Waals surface area (Å²) in [7, 11) is -2.93. The Morgan fingerprint density at radius 2 is 1.78 bits per heavy atom. The van der Waals surface area contributed by atoms with Crippen LogP contribution in [0.5, 0.6) is 0 Å². The standard InChI is InChI=1S/C19H32NO2P/c1-6-19(7-2,8-3)20-15-14-16(4)22-23(20,21)17(5)18-12-10-9-11-13-18/h9-13,16-17H,6-8,14-15H2,1-5H3/t16-,17+,23?/m0/s1. The van der Waals surface area contributed by atoms with Crippen LogP contribution in [0.4, 0.5) is 0 Å². The van der Waals surface area contributed by atoms with Gasteiger partial charge in [0.05, 0.1) is 5.54 Å². The molecule has 1 unspecified atom stereocenters. The van der Waals surface area contributed by atoms with E-state index in [1.807, 2.05) is 25.1 Å². The molecule has 3 nitrogen and oxygen atoms in total. The molecular weight excluding hydrogens is 305 g/mol. The summed E-state index contributed by atoms with van der Waals surface area (Å²) in [6.45, 7) is 11.6. The lowest BCUT2D eigenvalue weighted by molar-refractivity contribution is -0.225. The number of hydrogen-bond donors (Lipinski definition) is 0. The van der Waals surface area contributed by atoms with Crippen molar-refractivity contribution in [2.24, 2.45) is 0 Å². The van der Waals surface area contributed by atoms with Crippen LogP contribution in [0, 0.1) is 0 Å². The molecule has 1 aromatic rings. The highest BCUT2D eigenvalue weighted by atomic mass is 31.2. The summed E-state index contributed by atoms with van der Waals surface area (Å²) in [6, 6.07) is 10.2. The van der Waals surface area contributed by atoms with E-state index in [2.05, 4.69) is 44.5 Å². The van der Waals surface area contributed by atoms with Crippen LogP contribution >= 0.6 is 7.87 Å². The smallest absolute Gasteiger partial charge is 0.181 e. The molecule has 23 heavy (non-hydrogen) atoms. The molecule has 1 aliphatic heterocycles. The van der Waals surface area contributed by atoms with Gasteiger partial charge in [0.25, 0.3) is 0 Å². The fraction of sp³-hybridized carbons (Fsp3) is 0.684. The Labute approximate surface area is 142 Å². The molecule has 2 rings (SSSR count). The zero-order valence-electron chi connectivity index (χ0n) is 15.3. The summed E-state index contributed by atoms with van der Waals surface area (Å²) in [5.41, 5.74) is 0.973. The Hall–Kier alpha value is -0.470. The fourth-order valence-electron chi connectivity index (χ4n) is 3.86. The number of hydrogen-bond acceptors (Lipinski definition) is 3. The summed E-state index contributed by atoms with van der Waals surface area (Å²) in [4.78, 5) is 14.1. The minimum atomic E-state index is -2.93. The summed E-state index contributed by atoms with van der Waals surface area (Å²) in [5, 5.41) is 0. The van der Waals surface area contributed by atoms with Crippen molar-refractivity contribution >= 4 is 7.87 Å². The van der Waals surface area contributed by atoms with Crippen molar-refractivity contribution in [2.75, 3.05) is 6.54 Å². The van der Waals surface area contributed by atoms with Crippen molar-refractivity contribution in [3.63, 3.8) is 0 Å². The third-order valence-electron chi connectivity index (χ3n) is 5.71. The summed E-state index contributed by atoms with van der Waals surface area (Å²) >= 11 is 0. The van der Waals surface area contributed by atoms with Crippen molar-refractivity contribution in [1.82, 2.24) is 4.67 Å². The van der Waals surface area contributed by atoms with E-state index in [-0.39, 0.29) is 17.3 Å². The van der Waals surface area contributed by atoms with E-state index in [9.17, 15) is 4.89 Å². The first-order chi connectivity index (χ1) is 10.9. The molecule has 0 saturated carbocycles. The van der Waals surface area contributed by atoms with Crippen LogP contribution in [0.2, 0.25) is 0 Å². The van der Waals surface area contributed by atoms with Gasteiger partial charge in [-0.15, -0.1) is 0 Å². The average molecular weight is 337 g/mol. The third kappa shape index (κ3) is 3.49. The first-order valence-electron chi connectivity index (χ1n) is 9.04. The Kier molecular flexibility index (Phi) is 6.24. The molecule has 1 aliphatic rings. The quantitative estimate of drug-likeness (QED) is 0.689. The predicted octanol–water partition coefficient (Wildman–Crippen LogP) is 4.95. The molecule has 0 aliphatic carbocycles. The number of nitrogens with zero attached hydrogens (tertiary/aromatic N) is 1. The molecule has 0 amide bonds. The van der Waals surface area contributed by atoms with Gasteiger partial charge in [0.2, 0.25) is 0 Å². The zero-order chi connectivity index (χ0) is 17.1. The van der Waals surface area contributed by atoms with Crippen LogP contribution in [0.1, 0.15) is 71.5 Å². The second kappa shape index (κ2) is 7.61. The summed E-state index contributed by atoms with van der Waals surface area (Å²) in [6.07, 6.45) is 4.02. The summed E-state index contributed by atoms with van der Waals surface area (Å²) < 4.78 is 8.44. The van der Waals surface area contributed by atoms with Gasteiger partial charge in [-0.05, 0) is 45.1 Å². The average Bonchev–Trinajstić information content (AvgIpc) is 2.58. The highest BCUT2D eigenvalue weighted by molar-refractivity contribution is 7.62. The predicted molar refractivity (Wildman–Crippen MR) is 97.3 cm³/mol. The normalized spacial score (nSPS) is 27.8. The molecule has 1 aromatic carbocycles. The highest BCUT2D eigenvalue weighted by Crippen LogP contribution is 2.71. The van der Waals surface area contributed by atoms with Crippen molar-refractivity contribution in [3.05, 3.63) is 35.9 Å². The Morgan fingerprint density at radius 3 is 2.30 bits per heavy atom. The molecule has 0 radical (unpaired) electrons. The lowest BCUT2D eigenvalue weighted by Gasteiger charge is -2.54. The van der Waals surface area contributed by atoms with E-state index in [0.29, 0.717) is 0 Å². The molecular formula is C19H32NO2P. The molecule has 0 spiro atoms. The SMILES string of the molecule is CCC(CC)(CC)N1CC[C@H](C)O[P+]1([O-])[C@H](C)c1ccccc1. The van der Waals surface area contributed by atoms with Crippen molar-refractivity contribution in [3.8, 4) is 0 Å². The molecule has 3 atom stereocenters. The van der Waals surface area contributed by atoms with Crippen LogP contribution in [-0.4, -0.2) is 22.9 Å². The van der Waals surface area contributed by atoms with Crippen molar-refractivity contribution in [2.45, 2.75) is 77.6 Å². The minimum absolute atomic E-state index is 0.0291. The van der Waals surface area contributed by atoms with Crippen LogP contribution in [0.3, 0.4) is 0 Å². The number of benzene rings is 1. The van der Waals surface area contributed by atoms with Gasteiger partial charge in [0, 0.05) is 6.54 Å². The second-order valence-corrected chi connectivity index (χ2v) is 9.36. The first kappa shape index (κ1) is 18.9. The lowest BCUT2D eigenvalue weighted by atomic mass is 9.89. The van der Waals surface area contributed by atoms with E-state index in [0.717, 1.165) is 37.8 Å². The van der Waals surface area contributed by atoms with E-state index in [1.54, 1.807) is 0 Å². The maximum absolute atomic E-state index is 14.1. The Balaban J connectivity index is 2.43. The Morgan fingerprint density at radius 1 is 1.22 bits per heavy atom. The molecule has 1 saturated heterocycles. The van der Waals surface area contributed by atoms with E-state index < -0.39 is 7.87 Å². The van der Waals surface area contributed by atoms with Gasteiger partial charge in [-0.25, -0.2) is 4.52 Å². The van der Waals surface area contributed by atoms with Crippen LogP contribution in [0.15, 0.2) is 30.3 Å². The maximum Gasteiger partial charge on any atom is 0.181 e. The van der Waals surface area contributed by atoms with E-state index in [4.69, 9.17) is 4.52 Å². The van der Waals surface area contributed by atoms with Crippen molar-refractivity contribution < 1.29 is 9.42 Å². The van der Waals surface area contributed by atoms with Crippen molar-refractivity contribution in [1.29, 1.82) is 0 Å². The molecule has 0 aromatic heterocycles. The van der Waals surface area contributed by atoms with Crippen LogP contribution in [-0.2, 0) is 4.52 Å². The Bertz CT molecular complexity index is 483. The van der Waals surface area contributed by atoms with Crippen LogP contribution in [0.25, 0.3) is 0 Å². The minimum Gasteiger partial charge on any atom is -0.641 e. The maximum atomic E-state index is 14.1. The molecule has 0 N–H and O–H groups in total. The largest absolute Gasteiger partial charge is 0.641 e. The number of rotatable bonds is 6. The monoisotopic (exact) mass is 337 g/mol. The van der Waals surface area contributed by atoms with Gasteiger partial charge in [0.1, 0.15) is 11.8 Å². The second-order valence-electron chi connectivity index (χ2n) is 6.76. The molecule has 130 valence electrons. The van der Waals surface area contributed by atoms with E-state index in [1.165, 1.54) is 0 Å². The molecule has 1 heterocycles. The highest BCUT2D eigenvalue weighted by Gasteiger charge is 2.54. The third-order valence-corrected chi connectivity index (χ3v) is 8.94. The topological polar surface area (TPSA) is 35.5 Å². The van der Waals surface area contributed by atoms with Gasteiger partial charge in [0.15, 0.2) is 7.87 Å². The van der Waals surface area contributed by atoms with Gasteiger partial charge < -0.3 is 4.89 Å². The van der Waals surface area contributed by atoms with E-state index >= 15 is 0 Å². The molecule has 4 heteroatoms. The van der Waals surface area contributed by atoms with Gasteiger partial charge in [-0.1, -0.05) is 51.1 Å². The lowest BCUT2D eigenvalue weighted by Crippen LogP contribution is -2.54. The molecule has 1 fully saturated rings. The first-order valence-corrected chi connectivity index (χ1v) is 10.7.